The second kappa shape index (κ2) is 12.6. The van der Waals surface area contributed by atoms with E-state index < -0.39 is 12.6 Å². The van der Waals surface area contributed by atoms with E-state index in [9.17, 15) is 13.2 Å². The van der Waals surface area contributed by atoms with Crippen molar-refractivity contribution in [3.8, 4) is 0 Å². The van der Waals surface area contributed by atoms with E-state index >= 15 is 0 Å². The summed E-state index contributed by atoms with van der Waals surface area (Å²) in [5.74, 6) is 1.28. The topological polar surface area (TPSA) is 50.1 Å². The zero-order valence-corrected chi connectivity index (χ0v) is 22.8. The van der Waals surface area contributed by atoms with E-state index in [1.807, 2.05) is 24.5 Å². The van der Waals surface area contributed by atoms with E-state index in [4.69, 9.17) is 5.73 Å². The molecule has 3 nitrogen and oxygen atoms in total. The third kappa shape index (κ3) is 7.93. The van der Waals surface area contributed by atoms with Crippen LogP contribution >= 0.6 is 11.8 Å². The number of alkyl halides is 3. The number of thioether (sulfide) groups is 1. The van der Waals surface area contributed by atoms with Crippen LogP contribution < -0.4 is 16.4 Å². The molecular formula is C30H40F3N3S. The molecule has 0 saturated heterocycles. The van der Waals surface area contributed by atoms with Gasteiger partial charge in [-0.25, -0.2) is 0 Å². The number of benzene rings is 1. The highest BCUT2D eigenvalue weighted by atomic mass is 32.2. The Morgan fingerprint density at radius 3 is 2.54 bits per heavy atom. The van der Waals surface area contributed by atoms with Crippen molar-refractivity contribution in [2.75, 3.05) is 6.54 Å². The average molecular weight is 532 g/mol. The van der Waals surface area contributed by atoms with E-state index in [0.717, 1.165) is 24.4 Å². The summed E-state index contributed by atoms with van der Waals surface area (Å²) in [6, 6.07) is 8.26. The fraction of sp³-hybridized carbons (Fsp3) is 0.533. The Kier molecular flexibility index (Phi) is 9.51. The van der Waals surface area contributed by atoms with Gasteiger partial charge in [0.15, 0.2) is 0 Å². The van der Waals surface area contributed by atoms with Gasteiger partial charge in [0.1, 0.15) is 0 Å². The molecule has 0 aromatic heterocycles. The molecule has 37 heavy (non-hydrogen) atoms. The Labute approximate surface area is 223 Å². The van der Waals surface area contributed by atoms with Crippen LogP contribution in [0.25, 0.3) is 5.70 Å². The number of hydrogen-bond donors (Lipinski definition) is 3. The molecule has 3 aliphatic rings. The van der Waals surface area contributed by atoms with Crippen LogP contribution in [0, 0.1) is 11.8 Å². The summed E-state index contributed by atoms with van der Waals surface area (Å²) in [4.78, 5) is 0. The van der Waals surface area contributed by atoms with Gasteiger partial charge < -0.3 is 16.4 Å². The SMILES string of the molecule is CC(NCCC(F)(F)F)S/C=C(\N)c1ccc(CNC2=C3CC[C@@H](C)CCC3=CCC2C2=CCC2)cc1. The smallest absolute Gasteiger partial charge is 0.390 e. The van der Waals surface area contributed by atoms with Crippen LogP contribution in [0.4, 0.5) is 13.2 Å². The fourth-order valence-electron chi connectivity index (χ4n) is 5.28. The first-order valence-electron chi connectivity index (χ1n) is 13.6. The number of hydrogen-bond acceptors (Lipinski definition) is 4. The molecular weight excluding hydrogens is 491 g/mol. The van der Waals surface area contributed by atoms with Crippen molar-refractivity contribution < 1.29 is 13.2 Å². The van der Waals surface area contributed by atoms with Crippen molar-refractivity contribution in [2.24, 2.45) is 17.6 Å². The minimum atomic E-state index is -4.14. The van der Waals surface area contributed by atoms with Gasteiger partial charge in [-0.3, -0.25) is 0 Å². The summed E-state index contributed by atoms with van der Waals surface area (Å²) in [6.45, 7) is 4.90. The quantitative estimate of drug-likeness (QED) is 0.213. The maximum atomic E-state index is 12.3. The maximum absolute atomic E-state index is 12.3. The lowest BCUT2D eigenvalue weighted by Crippen LogP contribution is -2.27. The van der Waals surface area contributed by atoms with Gasteiger partial charge in [0, 0.05) is 30.4 Å². The van der Waals surface area contributed by atoms with Gasteiger partial charge in [0.05, 0.1) is 11.8 Å². The summed E-state index contributed by atoms with van der Waals surface area (Å²) < 4.78 is 37.0. The summed E-state index contributed by atoms with van der Waals surface area (Å²) >= 11 is 1.39. The third-order valence-corrected chi connectivity index (χ3v) is 8.72. The Hall–Kier alpha value is -2.12. The van der Waals surface area contributed by atoms with E-state index in [1.165, 1.54) is 61.5 Å². The summed E-state index contributed by atoms with van der Waals surface area (Å²) in [5, 5.41) is 8.39. The molecule has 4 rings (SSSR count). The Morgan fingerprint density at radius 1 is 1.14 bits per heavy atom. The van der Waals surface area contributed by atoms with Crippen LogP contribution in [0.2, 0.25) is 0 Å². The van der Waals surface area contributed by atoms with Crippen LogP contribution in [-0.4, -0.2) is 18.1 Å². The first-order chi connectivity index (χ1) is 17.7. The zero-order chi connectivity index (χ0) is 26.4. The second-order valence-electron chi connectivity index (χ2n) is 10.6. The monoisotopic (exact) mass is 531 g/mol. The molecule has 3 atom stereocenters. The predicted octanol–water partition coefficient (Wildman–Crippen LogP) is 7.79. The molecule has 0 radical (unpaired) electrons. The average Bonchev–Trinajstić information content (AvgIpc) is 3.02. The molecule has 0 amide bonds. The summed E-state index contributed by atoms with van der Waals surface area (Å²) in [6.07, 6.45) is 8.41. The number of halogens is 3. The lowest BCUT2D eigenvalue weighted by molar-refractivity contribution is -0.133. The van der Waals surface area contributed by atoms with Crippen LogP contribution in [-0.2, 0) is 6.54 Å². The molecule has 2 unspecified atom stereocenters. The predicted molar refractivity (Wildman–Crippen MR) is 149 cm³/mol. The number of rotatable bonds is 10. The van der Waals surface area contributed by atoms with Crippen LogP contribution in [0.3, 0.4) is 0 Å². The van der Waals surface area contributed by atoms with Crippen molar-refractivity contribution in [3.05, 3.63) is 75.4 Å². The first-order valence-corrected chi connectivity index (χ1v) is 14.5. The zero-order valence-electron chi connectivity index (χ0n) is 22.0. The largest absolute Gasteiger partial charge is 0.398 e. The van der Waals surface area contributed by atoms with Crippen molar-refractivity contribution in [2.45, 2.75) is 83.3 Å². The van der Waals surface area contributed by atoms with Gasteiger partial charge in [0.25, 0.3) is 0 Å². The van der Waals surface area contributed by atoms with Gasteiger partial charge in [-0.1, -0.05) is 48.9 Å². The van der Waals surface area contributed by atoms with Gasteiger partial charge >= 0.3 is 6.18 Å². The van der Waals surface area contributed by atoms with Gasteiger partial charge in [-0.2, -0.15) is 13.2 Å². The summed E-state index contributed by atoms with van der Waals surface area (Å²) in [7, 11) is 0. The normalized spacial score (nSPS) is 23.4. The molecule has 0 heterocycles. The minimum absolute atomic E-state index is 0.0975. The third-order valence-electron chi connectivity index (χ3n) is 7.75. The highest BCUT2D eigenvalue weighted by Crippen LogP contribution is 2.43. The van der Waals surface area contributed by atoms with E-state index in [0.29, 0.717) is 11.6 Å². The molecule has 0 aliphatic heterocycles. The van der Waals surface area contributed by atoms with E-state index in [1.54, 1.807) is 16.7 Å². The highest BCUT2D eigenvalue weighted by molar-refractivity contribution is 8.02. The maximum Gasteiger partial charge on any atom is 0.390 e. The standard InChI is InChI=1S/C30H40F3N3S/c1-20-6-10-24-13-15-27(23-4-3-5-23)29(26(24)14-7-20)36-18-22-8-11-25(12-9-22)28(34)19-37-21(2)35-17-16-30(31,32)33/h4,8-9,11-13,19-21,27,35-36H,3,5-7,10,14-18,34H2,1-2H3/b28-19-/t20-,21?,27?/m0/s1. The minimum Gasteiger partial charge on any atom is -0.398 e. The van der Waals surface area contributed by atoms with Crippen molar-refractivity contribution in [1.82, 2.24) is 10.6 Å². The molecule has 1 aromatic carbocycles. The van der Waals surface area contributed by atoms with Crippen molar-refractivity contribution in [3.63, 3.8) is 0 Å². The van der Waals surface area contributed by atoms with Crippen molar-refractivity contribution >= 4 is 17.5 Å². The molecule has 1 aromatic rings. The lowest BCUT2D eigenvalue weighted by atomic mass is 9.76. The highest BCUT2D eigenvalue weighted by Gasteiger charge is 2.30. The van der Waals surface area contributed by atoms with Crippen LogP contribution in [0.5, 0.6) is 0 Å². The van der Waals surface area contributed by atoms with Crippen LogP contribution in [0.15, 0.2) is 64.2 Å². The Balaban J connectivity index is 1.36. The van der Waals surface area contributed by atoms with Gasteiger partial charge in [-0.05, 0) is 85.5 Å². The molecule has 1 fully saturated rings. The molecule has 4 N–H and O–H groups in total. The molecule has 202 valence electrons. The van der Waals surface area contributed by atoms with Crippen LogP contribution in [0.1, 0.15) is 76.3 Å². The summed E-state index contributed by atoms with van der Waals surface area (Å²) in [5.41, 5.74) is 15.2. The molecule has 1 saturated carbocycles. The second-order valence-corrected chi connectivity index (χ2v) is 11.8. The van der Waals surface area contributed by atoms with E-state index in [-0.39, 0.29) is 11.9 Å². The number of fused-ring (bicyclic) bond motifs is 1. The number of nitrogens with one attached hydrogen (secondary N) is 2. The van der Waals surface area contributed by atoms with Crippen molar-refractivity contribution in [1.29, 1.82) is 0 Å². The molecule has 0 spiro atoms. The Morgan fingerprint density at radius 2 is 1.86 bits per heavy atom. The number of allylic oxidation sites excluding steroid dienone is 5. The molecule has 3 aliphatic carbocycles. The molecule has 7 heteroatoms. The lowest BCUT2D eigenvalue weighted by Gasteiger charge is -2.33. The van der Waals surface area contributed by atoms with Gasteiger partial charge in [0.2, 0.25) is 0 Å². The Bertz CT molecular complexity index is 1050. The first kappa shape index (κ1) is 27.9. The van der Waals surface area contributed by atoms with Gasteiger partial charge in [-0.15, -0.1) is 11.8 Å². The van der Waals surface area contributed by atoms with E-state index in [2.05, 4.69) is 41.8 Å². The fourth-order valence-corrected chi connectivity index (χ4v) is 5.99. The molecule has 0 bridgehead atoms. The number of nitrogens with two attached hydrogens (primary N) is 1.